The number of halogens is 2. The molecule has 4 aromatic rings. The van der Waals surface area contributed by atoms with Gasteiger partial charge < -0.3 is 20.8 Å². The molecule has 1 aromatic heterocycles. The number of phenolic OH excluding ortho intramolecular Hbond substituents is 2. The van der Waals surface area contributed by atoms with Gasteiger partial charge in [-0.2, -0.15) is 20.1 Å². The molecule has 5 N–H and O–H groups in total. The van der Waals surface area contributed by atoms with Crippen LogP contribution < -0.4 is 16.1 Å². The van der Waals surface area contributed by atoms with E-state index in [0.717, 1.165) is 11.4 Å². The molecule has 3 aromatic carbocycles. The first-order chi connectivity index (χ1) is 16.0. The van der Waals surface area contributed by atoms with Gasteiger partial charge in [0.05, 0.1) is 10.7 Å². The second kappa shape index (κ2) is 10.3. The molecule has 0 atom stereocenters. The van der Waals surface area contributed by atoms with Crippen LogP contribution in [0.2, 0.25) is 0 Å². The third-order valence-electron chi connectivity index (χ3n) is 4.26. The lowest BCUT2D eigenvalue weighted by atomic mass is 10.2. The first kappa shape index (κ1) is 22.5. The van der Waals surface area contributed by atoms with Gasteiger partial charge in [-0.15, -0.1) is 0 Å². The Morgan fingerprint density at radius 2 is 1.24 bits per heavy atom. The van der Waals surface area contributed by atoms with Gasteiger partial charge in [0.2, 0.25) is 17.8 Å². The summed E-state index contributed by atoms with van der Waals surface area (Å²) < 4.78 is 0.555. The smallest absolute Gasteiger partial charge is 0.250 e. The highest BCUT2D eigenvalue weighted by molar-refractivity contribution is 9.11. The molecule has 0 saturated heterocycles. The number of anilines is 5. The highest BCUT2D eigenvalue weighted by atomic mass is 79.9. The third-order valence-corrected chi connectivity index (χ3v) is 5.62. The molecule has 0 bridgehead atoms. The van der Waals surface area contributed by atoms with Crippen molar-refractivity contribution in [2.24, 2.45) is 5.10 Å². The number of benzene rings is 3. The van der Waals surface area contributed by atoms with Crippen molar-refractivity contribution < 1.29 is 10.2 Å². The molecule has 0 saturated carbocycles. The maximum atomic E-state index is 10.2. The average Bonchev–Trinajstić information content (AvgIpc) is 2.82. The molecule has 0 aliphatic heterocycles. The fraction of sp³-hybridized carbons (Fsp3) is 0. The minimum absolute atomic E-state index is 0.108. The van der Waals surface area contributed by atoms with E-state index in [-0.39, 0.29) is 21.9 Å². The molecule has 0 radical (unpaired) electrons. The van der Waals surface area contributed by atoms with Crippen molar-refractivity contribution >= 4 is 67.3 Å². The van der Waals surface area contributed by atoms with Crippen LogP contribution in [0.3, 0.4) is 0 Å². The Labute approximate surface area is 205 Å². The van der Waals surface area contributed by atoms with Crippen LogP contribution in [0.15, 0.2) is 80.8 Å². The number of aromatic hydroxyl groups is 2. The van der Waals surface area contributed by atoms with E-state index >= 15 is 0 Å². The van der Waals surface area contributed by atoms with Crippen molar-refractivity contribution in [2.75, 3.05) is 16.1 Å². The number of para-hydroxylation sites is 2. The molecule has 11 heteroatoms. The molecular weight excluding hydrogens is 554 g/mol. The number of hydrogen-bond donors (Lipinski definition) is 5. The maximum Gasteiger partial charge on any atom is 0.250 e. The van der Waals surface area contributed by atoms with Crippen LogP contribution in [0.1, 0.15) is 5.56 Å². The summed E-state index contributed by atoms with van der Waals surface area (Å²) in [5.74, 6) is 0.531. The van der Waals surface area contributed by atoms with Gasteiger partial charge in [-0.05, 0) is 62.2 Å². The van der Waals surface area contributed by atoms with Crippen molar-refractivity contribution in [3.63, 3.8) is 0 Å². The molecular formula is C22H17Br2N7O2. The minimum atomic E-state index is -0.158. The Morgan fingerprint density at radius 3 is 1.79 bits per heavy atom. The molecule has 4 rings (SSSR count). The molecule has 33 heavy (non-hydrogen) atoms. The number of nitrogens with one attached hydrogen (secondary N) is 3. The van der Waals surface area contributed by atoms with Gasteiger partial charge >= 0.3 is 0 Å². The molecule has 0 amide bonds. The number of aromatic nitrogens is 3. The summed E-state index contributed by atoms with van der Waals surface area (Å²) >= 11 is 6.37. The second-order valence-corrected chi connectivity index (χ2v) is 8.26. The van der Waals surface area contributed by atoms with E-state index in [1.54, 1.807) is 0 Å². The average molecular weight is 571 g/mol. The van der Waals surface area contributed by atoms with Crippen LogP contribution in [-0.2, 0) is 0 Å². The maximum absolute atomic E-state index is 10.2. The van der Waals surface area contributed by atoms with E-state index in [9.17, 15) is 10.2 Å². The second-order valence-electron chi connectivity index (χ2n) is 6.62. The summed E-state index contributed by atoms with van der Waals surface area (Å²) in [7, 11) is 0. The number of phenols is 2. The van der Waals surface area contributed by atoms with Crippen LogP contribution in [0.4, 0.5) is 29.2 Å². The van der Waals surface area contributed by atoms with Crippen molar-refractivity contribution in [1.82, 2.24) is 15.0 Å². The van der Waals surface area contributed by atoms with E-state index in [4.69, 9.17) is 0 Å². The zero-order valence-electron chi connectivity index (χ0n) is 16.9. The summed E-state index contributed by atoms with van der Waals surface area (Å²) in [6.07, 6.45) is 1.38. The fourth-order valence-electron chi connectivity index (χ4n) is 2.71. The van der Waals surface area contributed by atoms with Crippen molar-refractivity contribution in [1.29, 1.82) is 0 Å². The lowest BCUT2D eigenvalue weighted by molar-refractivity contribution is 0.442. The van der Waals surface area contributed by atoms with Crippen molar-refractivity contribution in [3.05, 3.63) is 81.2 Å². The lowest BCUT2D eigenvalue weighted by Gasteiger charge is -2.10. The molecule has 9 nitrogen and oxygen atoms in total. The Morgan fingerprint density at radius 1 is 0.727 bits per heavy atom. The van der Waals surface area contributed by atoms with Gasteiger partial charge in [-0.25, -0.2) is 5.43 Å². The van der Waals surface area contributed by atoms with Crippen LogP contribution in [-0.4, -0.2) is 31.4 Å². The van der Waals surface area contributed by atoms with E-state index < -0.39 is 0 Å². The Kier molecular flexibility index (Phi) is 7.01. The van der Waals surface area contributed by atoms with Crippen LogP contribution >= 0.6 is 31.9 Å². The van der Waals surface area contributed by atoms with E-state index in [1.807, 2.05) is 60.7 Å². The number of hydrogen-bond acceptors (Lipinski definition) is 9. The summed E-state index contributed by atoms with van der Waals surface area (Å²) in [6.45, 7) is 0. The van der Waals surface area contributed by atoms with Gasteiger partial charge in [0.15, 0.2) is 0 Å². The summed E-state index contributed by atoms with van der Waals surface area (Å²) in [5, 5.41) is 30.5. The largest absolute Gasteiger partial charge is 0.506 e. The molecule has 0 spiro atoms. The highest BCUT2D eigenvalue weighted by Crippen LogP contribution is 2.40. The first-order valence-electron chi connectivity index (χ1n) is 9.59. The summed E-state index contributed by atoms with van der Waals surface area (Å²) in [6, 6.07) is 20.5. The van der Waals surface area contributed by atoms with Crippen LogP contribution in [0.25, 0.3) is 0 Å². The first-order valence-corrected chi connectivity index (χ1v) is 11.2. The predicted octanol–water partition coefficient (Wildman–Crippen LogP) is 5.74. The van der Waals surface area contributed by atoms with Gasteiger partial charge in [0.1, 0.15) is 16.0 Å². The monoisotopic (exact) mass is 569 g/mol. The minimum Gasteiger partial charge on any atom is -0.506 e. The summed E-state index contributed by atoms with van der Waals surface area (Å²) in [5.41, 5.74) is 4.73. The topological polar surface area (TPSA) is 128 Å². The SMILES string of the molecule is Oc1c(Br)cc(/C=N/Nc2nc(Nc3ccccc3)nc(Nc3ccccc3)n2)c(O)c1Br. The Bertz CT molecular complexity index is 1230. The normalized spacial score (nSPS) is 10.8. The molecule has 166 valence electrons. The predicted molar refractivity (Wildman–Crippen MR) is 136 cm³/mol. The van der Waals surface area contributed by atoms with E-state index in [0.29, 0.717) is 21.9 Å². The van der Waals surface area contributed by atoms with Gasteiger partial charge in [-0.3, -0.25) is 0 Å². The number of nitrogens with zero attached hydrogens (tertiary/aromatic N) is 4. The highest BCUT2D eigenvalue weighted by Gasteiger charge is 2.13. The fourth-order valence-corrected chi connectivity index (χ4v) is 3.87. The zero-order chi connectivity index (χ0) is 23.2. The van der Waals surface area contributed by atoms with E-state index in [1.165, 1.54) is 12.3 Å². The Hall–Kier alpha value is -3.70. The quantitative estimate of drug-likeness (QED) is 0.140. The third kappa shape index (κ3) is 5.76. The van der Waals surface area contributed by atoms with Gasteiger partial charge in [-0.1, -0.05) is 36.4 Å². The van der Waals surface area contributed by atoms with Crippen molar-refractivity contribution in [3.8, 4) is 11.5 Å². The van der Waals surface area contributed by atoms with Crippen molar-refractivity contribution in [2.45, 2.75) is 0 Å². The molecule has 0 fully saturated rings. The molecule has 1 heterocycles. The van der Waals surface area contributed by atoms with Gasteiger partial charge in [0, 0.05) is 16.9 Å². The number of rotatable bonds is 7. The Balaban J connectivity index is 1.60. The zero-order valence-corrected chi connectivity index (χ0v) is 20.0. The van der Waals surface area contributed by atoms with Crippen LogP contribution in [0, 0.1) is 0 Å². The standard InChI is InChI=1S/C22H17Br2N7O2/c23-16-11-13(18(32)17(24)19(16)33)12-25-31-22-29-20(26-14-7-3-1-4-8-14)28-21(30-22)27-15-9-5-2-6-10-15/h1-12,32-33H,(H3,26,27,28,29,30,31)/b25-12+. The van der Waals surface area contributed by atoms with Crippen LogP contribution in [0.5, 0.6) is 11.5 Å². The number of hydrazone groups is 1. The lowest BCUT2D eigenvalue weighted by Crippen LogP contribution is -2.07. The molecule has 0 aliphatic carbocycles. The summed E-state index contributed by atoms with van der Waals surface area (Å²) in [4.78, 5) is 13.1. The van der Waals surface area contributed by atoms with E-state index in [2.05, 4.69) is 68.0 Å². The molecule has 0 unspecified atom stereocenters. The molecule has 0 aliphatic rings. The van der Waals surface area contributed by atoms with Gasteiger partial charge in [0.25, 0.3) is 0 Å².